The molecule has 0 aromatic heterocycles. The molecule has 3 rings (SSSR count). The molecular formula is C16H18F3NO. The lowest BCUT2D eigenvalue weighted by molar-refractivity contribution is -0.143. The summed E-state index contributed by atoms with van der Waals surface area (Å²) in [5.74, 6) is 0.306. The zero-order valence-corrected chi connectivity index (χ0v) is 11.9. The fourth-order valence-corrected chi connectivity index (χ4v) is 3.98. The summed E-state index contributed by atoms with van der Waals surface area (Å²) in [7, 11) is 0. The maximum atomic E-state index is 13.1. The molecule has 0 N–H and O–H groups in total. The average Bonchev–Trinajstić information content (AvgIpc) is 2.30. The molecular weight excluding hydrogens is 279 g/mol. The quantitative estimate of drug-likeness (QED) is 0.783. The summed E-state index contributed by atoms with van der Waals surface area (Å²) in [6.45, 7) is 3.29. The van der Waals surface area contributed by atoms with E-state index in [1.807, 2.05) is 0 Å². The van der Waals surface area contributed by atoms with Crippen molar-refractivity contribution in [3.8, 4) is 0 Å². The number of carbonyl (C=O) groups excluding carboxylic acids is 1. The van der Waals surface area contributed by atoms with Gasteiger partial charge >= 0.3 is 6.18 Å². The Morgan fingerprint density at radius 3 is 2.57 bits per heavy atom. The fraction of sp³-hybridized carbons (Fsp3) is 0.562. The van der Waals surface area contributed by atoms with Crippen molar-refractivity contribution < 1.29 is 18.0 Å². The molecule has 114 valence electrons. The lowest BCUT2D eigenvalue weighted by atomic mass is 9.56. The molecule has 1 amide bonds. The Morgan fingerprint density at radius 2 is 2.00 bits per heavy atom. The second-order valence-corrected chi connectivity index (χ2v) is 6.59. The van der Waals surface area contributed by atoms with Crippen LogP contribution in [0, 0.1) is 18.3 Å². The molecule has 1 saturated carbocycles. The third-order valence-corrected chi connectivity index (χ3v) is 4.88. The molecule has 2 fully saturated rings. The number of halogens is 3. The number of alkyl halides is 3. The molecule has 1 aromatic rings. The number of hydrogen-bond donors (Lipinski definition) is 0. The molecule has 1 heterocycles. The van der Waals surface area contributed by atoms with Crippen molar-refractivity contribution >= 4 is 6.41 Å². The maximum Gasteiger partial charge on any atom is 0.416 e. The van der Waals surface area contributed by atoms with Crippen LogP contribution in [0.25, 0.3) is 0 Å². The Bertz CT molecular complexity index is 553. The molecule has 0 radical (unpaired) electrons. The number of aryl methyl sites for hydroxylation is 1. The topological polar surface area (TPSA) is 20.3 Å². The number of rotatable bonds is 3. The molecule has 1 spiro atoms. The van der Waals surface area contributed by atoms with Gasteiger partial charge in [-0.1, -0.05) is 12.1 Å². The molecule has 0 atom stereocenters. The SMILES string of the molecule is Cc1cccc(C(F)(F)F)c1CC1CC2(C1)CN(C=O)C2. The van der Waals surface area contributed by atoms with Crippen LogP contribution in [0.3, 0.4) is 0 Å². The number of hydrogen-bond acceptors (Lipinski definition) is 1. The first-order valence-corrected chi connectivity index (χ1v) is 7.18. The Balaban J connectivity index is 1.69. The van der Waals surface area contributed by atoms with Gasteiger partial charge < -0.3 is 4.90 Å². The van der Waals surface area contributed by atoms with Crippen LogP contribution in [0.1, 0.15) is 29.5 Å². The van der Waals surface area contributed by atoms with Gasteiger partial charge in [-0.2, -0.15) is 13.2 Å². The molecule has 0 unspecified atom stereocenters. The van der Waals surface area contributed by atoms with Crippen LogP contribution >= 0.6 is 0 Å². The zero-order valence-electron chi connectivity index (χ0n) is 11.9. The molecule has 21 heavy (non-hydrogen) atoms. The van der Waals surface area contributed by atoms with E-state index < -0.39 is 11.7 Å². The van der Waals surface area contributed by atoms with Gasteiger partial charge in [0.1, 0.15) is 0 Å². The van der Waals surface area contributed by atoms with Gasteiger partial charge in [0.2, 0.25) is 6.41 Å². The van der Waals surface area contributed by atoms with Crippen molar-refractivity contribution in [1.29, 1.82) is 0 Å². The first-order chi connectivity index (χ1) is 9.83. The first kappa shape index (κ1) is 14.4. The number of carbonyl (C=O) groups is 1. The van der Waals surface area contributed by atoms with Crippen LogP contribution in [-0.4, -0.2) is 24.4 Å². The summed E-state index contributed by atoms with van der Waals surface area (Å²) < 4.78 is 39.2. The van der Waals surface area contributed by atoms with E-state index in [1.165, 1.54) is 12.1 Å². The van der Waals surface area contributed by atoms with Crippen molar-refractivity contribution in [1.82, 2.24) is 4.90 Å². The zero-order chi connectivity index (χ0) is 15.3. The monoisotopic (exact) mass is 297 g/mol. The second-order valence-electron chi connectivity index (χ2n) is 6.59. The Morgan fingerprint density at radius 1 is 1.33 bits per heavy atom. The van der Waals surface area contributed by atoms with Crippen LogP contribution in [0.2, 0.25) is 0 Å². The summed E-state index contributed by atoms with van der Waals surface area (Å²) in [6, 6.07) is 4.39. The van der Waals surface area contributed by atoms with Crippen molar-refractivity contribution in [2.24, 2.45) is 11.3 Å². The van der Waals surface area contributed by atoms with E-state index in [2.05, 4.69) is 0 Å². The van der Waals surface area contributed by atoms with Crippen LogP contribution in [0.5, 0.6) is 0 Å². The minimum absolute atomic E-state index is 0.201. The van der Waals surface area contributed by atoms with Crippen LogP contribution < -0.4 is 0 Å². The van der Waals surface area contributed by atoms with Crippen molar-refractivity contribution in [2.45, 2.75) is 32.4 Å². The van der Waals surface area contributed by atoms with E-state index in [9.17, 15) is 18.0 Å². The van der Waals surface area contributed by atoms with Crippen LogP contribution in [-0.2, 0) is 17.4 Å². The van der Waals surface area contributed by atoms with Gasteiger partial charge in [0.05, 0.1) is 5.56 Å². The van der Waals surface area contributed by atoms with E-state index >= 15 is 0 Å². The molecule has 2 nitrogen and oxygen atoms in total. The predicted octanol–water partition coefficient (Wildman–Crippen LogP) is 3.42. The summed E-state index contributed by atoms with van der Waals surface area (Å²) in [5.41, 5.74) is 0.865. The molecule has 1 saturated heterocycles. The summed E-state index contributed by atoms with van der Waals surface area (Å²) in [5, 5.41) is 0. The highest BCUT2D eigenvalue weighted by molar-refractivity contribution is 5.49. The van der Waals surface area contributed by atoms with E-state index in [4.69, 9.17) is 0 Å². The van der Waals surface area contributed by atoms with Crippen LogP contribution in [0.15, 0.2) is 18.2 Å². The van der Waals surface area contributed by atoms with Crippen molar-refractivity contribution in [2.75, 3.05) is 13.1 Å². The minimum atomic E-state index is -4.28. The Kier molecular flexibility index (Phi) is 3.26. The highest BCUT2D eigenvalue weighted by Gasteiger charge is 2.52. The molecule has 2 aliphatic rings. The van der Waals surface area contributed by atoms with Gasteiger partial charge in [-0.15, -0.1) is 0 Å². The molecule has 1 aliphatic carbocycles. The van der Waals surface area contributed by atoms with Gasteiger partial charge in [0, 0.05) is 18.5 Å². The number of benzene rings is 1. The van der Waals surface area contributed by atoms with Crippen molar-refractivity contribution in [3.63, 3.8) is 0 Å². The van der Waals surface area contributed by atoms with Gasteiger partial charge in [0.15, 0.2) is 0 Å². The number of nitrogens with zero attached hydrogens (tertiary/aromatic N) is 1. The molecule has 5 heteroatoms. The van der Waals surface area contributed by atoms with Crippen molar-refractivity contribution in [3.05, 3.63) is 34.9 Å². The molecule has 1 aromatic carbocycles. The van der Waals surface area contributed by atoms with E-state index in [0.29, 0.717) is 23.5 Å². The standard InChI is InChI=1S/C16H18F3NO/c1-11-3-2-4-14(16(17,18)19)13(11)5-12-6-15(7-12)8-20(9-15)10-21/h2-4,10,12H,5-9H2,1H3. The van der Waals surface area contributed by atoms with E-state index in [0.717, 1.165) is 32.3 Å². The first-order valence-electron chi connectivity index (χ1n) is 7.18. The third kappa shape index (κ3) is 2.54. The van der Waals surface area contributed by atoms with Gasteiger partial charge in [-0.25, -0.2) is 0 Å². The Labute approximate surface area is 121 Å². The number of likely N-dealkylation sites (tertiary alicyclic amines) is 1. The normalized spacial score (nSPS) is 21.0. The fourth-order valence-electron chi connectivity index (χ4n) is 3.98. The summed E-state index contributed by atoms with van der Waals surface area (Å²) in [4.78, 5) is 12.3. The molecule has 1 aliphatic heterocycles. The summed E-state index contributed by atoms with van der Waals surface area (Å²) >= 11 is 0. The highest BCUT2D eigenvalue weighted by Crippen LogP contribution is 2.53. The van der Waals surface area contributed by atoms with Gasteiger partial charge in [-0.3, -0.25) is 4.79 Å². The lowest BCUT2D eigenvalue weighted by Crippen LogP contribution is -2.61. The predicted molar refractivity (Wildman–Crippen MR) is 72.7 cm³/mol. The van der Waals surface area contributed by atoms with Crippen LogP contribution in [0.4, 0.5) is 13.2 Å². The lowest BCUT2D eigenvalue weighted by Gasteiger charge is -2.58. The third-order valence-electron chi connectivity index (χ3n) is 4.88. The Hall–Kier alpha value is -1.52. The molecule has 0 bridgehead atoms. The minimum Gasteiger partial charge on any atom is -0.344 e. The average molecular weight is 297 g/mol. The van der Waals surface area contributed by atoms with Gasteiger partial charge in [0.25, 0.3) is 0 Å². The van der Waals surface area contributed by atoms with Gasteiger partial charge in [-0.05, 0) is 49.3 Å². The maximum absolute atomic E-state index is 13.1. The van der Waals surface area contributed by atoms with E-state index in [-0.39, 0.29) is 5.41 Å². The van der Waals surface area contributed by atoms with E-state index in [1.54, 1.807) is 17.9 Å². The largest absolute Gasteiger partial charge is 0.416 e. The smallest absolute Gasteiger partial charge is 0.344 e. The highest BCUT2D eigenvalue weighted by atomic mass is 19.4. The number of amides is 1. The second kappa shape index (κ2) is 4.75. The summed E-state index contributed by atoms with van der Waals surface area (Å²) in [6.07, 6.45) is -1.08.